The average Bonchev–Trinajstić information content (AvgIpc) is 3.36. The first kappa shape index (κ1) is 28.4. The Balaban J connectivity index is 1.55. The highest BCUT2D eigenvalue weighted by Crippen LogP contribution is 2.33. The zero-order valence-electron chi connectivity index (χ0n) is 22.4. The fraction of sp³-hybridized carbons (Fsp3) is 0.188. The van der Waals surface area contributed by atoms with Crippen LogP contribution in [0, 0.1) is 0 Å². The number of para-hydroxylation sites is 1. The van der Waals surface area contributed by atoms with Gasteiger partial charge in [-0.05, 0) is 67.4 Å². The number of hydrogen-bond acceptors (Lipinski definition) is 4. The number of carboxylic acids is 1. The van der Waals surface area contributed by atoms with Gasteiger partial charge in [-0.2, -0.15) is 0 Å². The van der Waals surface area contributed by atoms with Crippen molar-refractivity contribution in [3.8, 4) is 17.1 Å². The van der Waals surface area contributed by atoms with Gasteiger partial charge in [-0.3, -0.25) is 13.7 Å². The van der Waals surface area contributed by atoms with Crippen LogP contribution >= 0.6 is 11.6 Å². The molecule has 4 aromatic carbocycles. The van der Waals surface area contributed by atoms with Crippen LogP contribution in [0.2, 0.25) is 5.02 Å². The maximum absolute atomic E-state index is 13.9. The molecule has 0 amide bonds. The van der Waals surface area contributed by atoms with E-state index < -0.39 is 16.0 Å². The van der Waals surface area contributed by atoms with Gasteiger partial charge in [0.2, 0.25) is 0 Å². The van der Waals surface area contributed by atoms with E-state index in [9.17, 15) is 13.2 Å². The molecule has 0 unspecified atom stereocenters. The van der Waals surface area contributed by atoms with Crippen LogP contribution in [0.3, 0.4) is 0 Å². The van der Waals surface area contributed by atoms with Crippen LogP contribution in [0.4, 0.5) is 5.69 Å². The highest BCUT2D eigenvalue weighted by Gasteiger charge is 2.26. The van der Waals surface area contributed by atoms with Gasteiger partial charge in [0, 0.05) is 29.2 Å². The van der Waals surface area contributed by atoms with Gasteiger partial charge in [0.25, 0.3) is 10.0 Å². The second-order valence-electron chi connectivity index (χ2n) is 9.73. The van der Waals surface area contributed by atoms with Crippen molar-refractivity contribution in [1.82, 2.24) is 9.55 Å². The lowest BCUT2D eigenvalue weighted by Gasteiger charge is -2.25. The maximum Gasteiger partial charge on any atom is 0.303 e. The van der Waals surface area contributed by atoms with Crippen molar-refractivity contribution < 1.29 is 18.3 Å². The number of halogens is 1. The van der Waals surface area contributed by atoms with Crippen molar-refractivity contribution in [3.63, 3.8) is 0 Å². The van der Waals surface area contributed by atoms with Crippen LogP contribution < -0.4 is 4.31 Å². The van der Waals surface area contributed by atoms with Crippen molar-refractivity contribution in [2.45, 2.75) is 37.0 Å². The molecule has 0 aliphatic carbocycles. The number of aromatic nitrogens is 2. The third kappa shape index (κ3) is 6.45. The minimum absolute atomic E-state index is 0.108. The summed E-state index contributed by atoms with van der Waals surface area (Å²) in [5.41, 5.74) is 3.93. The topological polar surface area (TPSA) is 92.5 Å². The number of rotatable bonds is 12. The zero-order valence-corrected chi connectivity index (χ0v) is 23.9. The molecule has 0 saturated heterocycles. The van der Waals surface area contributed by atoms with Crippen molar-refractivity contribution in [3.05, 3.63) is 108 Å². The van der Waals surface area contributed by atoms with Crippen molar-refractivity contribution in [2.75, 3.05) is 10.8 Å². The van der Waals surface area contributed by atoms with Crippen molar-refractivity contribution >= 4 is 44.3 Å². The molecule has 0 spiro atoms. The van der Waals surface area contributed by atoms with E-state index in [-0.39, 0.29) is 17.9 Å². The third-order valence-corrected chi connectivity index (χ3v) is 8.97. The molecule has 5 aromatic rings. The predicted octanol–water partition coefficient (Wildman–Crippen LogP) is 7.58. The summed E-state index contributed by atoms with van der Waals surface area (Å²) in [6.45, 7) is 0.245. The molecule has 0 aliphatic rings. The van der Waals surface area contributed by atoms with Crippen LogP contribution in [0.15, 0.2) is 108 Å². The molecule has 1 aromatic heterocycles. The van der Waals surface area contributed by atoms with E-state index in [2.05, 4.69) is 4.57 Å². The van der Waals surface area contributed by atoms with Gasteiger partial charge in [-0.15, -0.1) is 0 Å². The molecule has 9 heteroatoms. The summed E-state index contributed by atoms with van der Waals surface area (Å²) in [7, 11) is -3.91. The van der Waals surface area contributed by atoms with Crippen molar-refractivity contribution in [1.29, 1.82) is 0 Å². The molecule has 5 rings (SSSR count). The summed E-state index contributed by atoms with van der Waals surface area (Å²) in [5, 5.41) is 9.36. The quantitative estimate of drug-likeness (QED) is 0.152. The molecule has 41 heavy (non-hydrogen) atoms. The first-order valence-electron chi connectivity index (χ1n) is 13.5. The lowest BCUT2D eigenvalue weighted by atomic mass is 10.1. The number of hydrogen-bond donors (Lipinski definition) is 1. The van der Waals surface area contributed by atoms with Crippen LogP contribution in [0.1, 0.15) is 32.1 Å². The lowest BCUT2D eigenvalue weighted by molar-refractivity contribution is -0.137. The van der Waals surface area contributed by atoms with Gasteiger partial charge in [-0.25, -0.2) is 13.4 Å². The molecular weight excluding hydrogens is 558 g/mol. The number of unbranched alkanes of at least 4 members (excludes halogenated alkanes) is 3. The Hall–Kier alpha value is -4.14. The number of carboxylic acid groups (broad SMARTS) is 1. The first-order valence-corrected chi connectivity index (χ1v) is 15.3. The van der Waals surface area contributed by atoms with E-state index in [0.717, 1.165) is 22.6 Å². The van der Waals surface area contributed by atoms with E-state index in [1.54, 1.807) is 12.1 Å². The van der Waals surface area contributed by atoms with E-state index in [1.165, 1.54) is 16.4 Å². The Kier molecular flexibility index (Phi) is 8.71. The molecule has 0 aliphatic heterocycles. The number of fused-ring (bicyclic) bond motifs is 1. The molecular formula is C32H30ClN3O4S. The molecule has 0 fully saturated rings. The van der Waals surface area contributed by atoms with Gasteiger partial charge < -0.3 is 5.11 Å². The summed E-state index contributed by atoms with van der Waals surface area (Å²) in [4.78, 5) is 16.0. The van der Waals surface area contributed by atoms with E-state index in [1.807, 2.05) is 78.9 Å². The van der Waals surface area contributed by atoms with Crippen molar-refractivity contribution in [2.24, 2.45) is 0 Å². The molecule has 1 heterocycles. The van der Waals surface area contributed by atoms with E-state index in [4.69, 9.17) is 21.7 Å². The number of carbonyl (C=O) groups is 1. The van der Waals surface area contributed by atoms with Crippen LogP contribution in [-0.2, 0) is 14.8 Å². The third-order valence-electron chi connectivity index (χ3n) is 6.88. The van der Waals surface area contributed by atoms with Gasteiger partial charge in [0.05, 0.1) is 21.6 Å². The maximum atomic E-state index is 13.9. The second-order valence-corrected chi connectivity index (χ2v) is 12.0. The first-order chi connectivity index (χ1) is 19.8. The molecule has 1 N–H and O–H groups in total. The number of anilines is 1. The Morgan fingerprint density at radius 3 is 2.17 bits per heavy atom. The predicted molar refractivity (Wildman–Crippen MR) is 163 cm³/mol. The van der Waals surface area contributed by atoms with Gasteiger partial charge >= 0.3 is 5.97 Å². The number of benzene rings is 4. The molecule has 0 bridgehead atoms. The fourth-order valence-electron chi connectivity index (χ4n) is 4.85. The summed E-state index contributed by atoms with van der Waals surface area (Å²) in [6.07, 6.45) is 2.67. The van der Waals surface area contributed by atoms with Gasteiger partial charge in [-0.1, -0.05) is 73.0 Å². The molecule has 210 valence electrons. The normalized spacial score (nSPS) is 11.5. The molecule has 0 atom stereocenters. The Morgan fingerprint density at radius 1 is 0.829 bits per heavy atom. The van der Waals surface area contributed by atoms with Crippen LogP contribution in [-0.4, -0.2) is 35.6 Å². The highest BCUT2D eigenvalue weighted by molar-refractivity contribution is 7.92. The molecule has 0 saturated carbocycles. The van der Waals surface area contributed by atoms with Gasteiger partial charge in [0.15, 0.2) is 0 Å². The minimum atomic E-state index is -3.91. The zero-order chi connectivity index (χ0) is 28.8. The standard InChI is InChI=1S/C32H30ClN3O4S/c33-25-16-19-28(20-17-25)41(39,40)35(22-10-2-1-9-15-31(37)38)27-18-21-30-29(23-27)34-32(24-11-5-3-6-12-24)36(30)26-13-7-4-8-14-26/h3-8,11-14,16-21,23H,1-2,9-10,15,22H2,(H,37,38). The minimum Gasteiger partial charge on any atom is -0.481 e. The molecule has 7 nitrogen and oxygen atoms in total. The van der Waals surface area contributed by atoms with Gasteiger partial charge in [0.1, 0.15) is 5.82 Å². The summed E-state index contributed by atoms with van der Waals surface area (Å²) < 4.78 is 31.3. The highest BCUT2D eigenvalue weighted by atomic mass is 35.5. The Morgan fingerprint density at radius 2 is 1.49 bits per heavy atom. The van der Waals surface area contributed by atoms with Crippen LogP contribution in [0.5, 0.6) is 0 Å². The number of sulfonamides is 1. The smallest absolute Gasteiger partial charge is 0.303 e. The second kappa shape index (κ2) is 12.6. The summed E-state index contributed by atoms with van der Waals surface area (Å²) in [6, 6.07) is 31.5. The summed E-state index contributed by atoms with van der Waals surface area (Å²) >= 11 is 6.04. The van der Waals surface area contributed by atoms with E-state index >= 15 is 0 Å². The number of imidazole rings is 1. The Bertz CT molecular complexity index is 1740. The molecule has 0 radical (unpaired) electrons. The largest absolute Gasteiger partial charge is 0.481 e. The van der Waals surface area contributed by atoms with E-state index in [0.29, 0.717) is 41.9 Å². The number of aliphatic carboxylic acids is 1. The SMILES string of the molecule is O=C(O)CCCCCCN(c1ccc2c(c1)nc(-c1ccccc1)n2-c1ccccc1)S(=O)(=O)c1ccc(Cl)cc1. The average molecular weight is 588 g/mol. The van der Waals surface area contributed by atoms with Crippen LogP contribution in [0.25, 0.3) is 28.1 Å². The fourth-order valence-corrected chi connectivity index (χ4v) is 6.47. The Labute approximate surface area is 244 Å². The lowest BCUT2D eigenvalue weighted by Crippen LogP contribution is -2.32. The summed E-state index contributed by atoms with van der Waals surface area (Å²) in [5.74, 6) is -0.0652. The number of nitrogens with zero attached hydrogens (tertiary/aromatic N) is 3. The monoisotopic (exact) mass is 587 g/mol.